The lowest BCUT2D eigenvalue weighted by Crippen LogP contribution is -2.05. The predicted octanol–water partition coefficient (Wildman–Crippen LogP) is 4.37. The van der Waals surface area contributed by atoms with Gasteiger partial charge >= 0.3 is 0 Å². The summed E-state index contributed by atoms with van der Waals surface area (Å²) in [5.74, 6) is 1.74. The highest BCUT2D eigenvalue weighted by molar-refractivity contribution is 5.65. The van der Waals surface area contributed by atoms with Gasteiger partial charge in [-0.1, -0.05) is 30.3 Å². The lowest BCUT2D eigenvalue weighted by Gasteiger charge is -2.12. The van der Waals surface area contributed by atoms with Crippen LogP contribution in [0.1, 0.15) is 12.5 Å². The number of para-hydroxylation sites is 2. The Morgan fingerprint density at radius 1 is 1.00 bits per heavy atom. The highest BCUT2D eigenvalue weighted by atomic mass is 19.1. The van der Waals surface area contributed by atoms with E-state index in [1.54, 1.807) is 24.3 Å². The molecule has 0 aliphatic heterocycles. The molecule has 5 nitrogen and oxygen atoms in total. The fourth-order valence-electron chi connectivity index (χ4n) is 2.34. The van der Waals surface area contributed by atoms with E-state index in [-0.39, 0.29) is 5.82 Å². The maximum atomic E-state index is 13.7. The number of nitrogens with one attached hydrogen (secondary N) is 2. The zero-order valence-corrected chi connectivity index (χ0v) is 13.9. The molecule has 3 rings (SSSR count). The molecule has 0 unspecified atom stereocenters. The average molecular weight is 338 g/mol. The van der Waals surface area contributed by atoms with E-state index in [0.717, 1.165) is 11.4 Å². The van der Waals surface area contributed by atoms with Gasteiger partial charge in [0.05, 0.1) is 12.3 Å². The standard InChI is InChI=1S/C19H19FN4O/c1-2-25-17-10-6-5-9-16(17)24-19-11-18(22-13-23-19)21-12-14-7-3-4-8-15(14)20/h3-11,13H,2,12H2,1H3,(H2,21,22,23,24). The van der Waals surface area contributed by atoms with Crippen molar-refractivity contribution in [1.29, 1.82) is 0 Å². The van der Waals surface area contributed by atoms with Crippen LogP contribution in [0.2, 0.25) is 0 Å². The minimum atomic E-state index is -0.243. The fourth-order valence-corrected chi connectivity index (χ4v) is 2.34. The molecule has 2 N–H and O–H groups in total. The molecule has 1 heterocycles. The first-order chi connectivity index (χ1) is 12.3. The highest BCUT2D eigenvalue weighted by Gasteiger charge is 2.06. The SMILES string of the molecule is CCOc1ccccc1Nc1cc(NCc2ccccc2F)ncn1. The molecule has 6 heteroatoms. The van der Waals surface area contributed by atoms with Crippen molar-refractivity contribution in [1.82, 2.24) is 9.97 Å². The fraction of sp³-hybridized carbons (Fsp3) is 0.158. The summed E-state index contributed by atoms with van der Waals surface area (Å²) in [5, 5.41) is 6.32. The van der Waals surface area contributed by atoms with E-state index in [0.29, 0.717) is 30.4 Å². The normalized spacial score (nSPS) is 10.3. The Kier molecular flexibility index (Phi) is 5.41. The molecule has 0 amide bonds. The van der Waals surface area contributed by atoms with Gasteiger partial charge < -0.3 is 15.4 Å². The molecule has 0 saturated heterocycles. The van der Waals surface area contributed by atoms with Crippen molar-refractivity contribution in [3.8, 4) is 5.75 Å². The van der Waals surface area contributed by atoms with Crippen molar-refractivity contribution in [2.75, 3.05) is 17.2 Å². The van der Waals surface area contributed by atoms with Crippen LogP contribution >= 0.6 is 0 Å². The Labute approximate surface area is 145 Å². The van der Waals surface area contributed by atoms with E-state index in [1.807, 2.05) is 31.2 Å². The summed E-state index contributed by atoms with van der Waals surface area (Å²) in [6.45, 7) is 2.86. The lowest BCUT2D eigenvalue weighted by molar-refractivity contribution is 0.342. The van der Waals surface area contributed by atoms with Gasteiger partial charge in [0.15, 0.2) is 0 Å². The minimum Gasteiger partial charge on any atom is -0.492 e. The number of halogens is 1. The van der Waals surface area contributed by atoms with E-state index >= 15 is 0 Å². The lowest BCUT2D eigenvalue weighted by atomic mass is 10.2. The first-order valence-electron chi connectivity index (χ1n) is 8.04. The maximum absolute atomic E-state index is 13.7. The predicted molar refractivity (Wildman–Crippen MR) is 96.7 cm³/mol. The van der Waals surface area contributed by atoms with Crippen molar-refractivity contribution < 1.29 is 9.13 Å². The monoisotopic (exact) mass is 338 g/mol. The van der Waals surface area contributed by atoms with Crippen LogP contribution in [-0.4, -0.2) is 16.6 Å². The Balaban J connectivity index is 1.71. The Morgan fingerprint density at radius 2 is 1.76 bits per heavy atom. The van der Waals surface area contributed by atoms with Gasteiger partial charge in [0, 0.05) is 18.2 Å². The van der Waals surface area contributed by atoms with Crippen LogP contribution in [0.4, 0.5) is 21.7 Å². The second-order valence-electron chi connectivity index (χ2n) is 5.29. The smallest absolute Gasteiger partial charge is 0.142 e. The third-order valence-electron chi connectivity index (χ3n) is 3.53. The van der Waals surface area contributed by atoms with Crippen LogP contribution in [0, 0.1) is 5.82 Å². The third-order valence-corrected chi connectivity index (χ3v) is 3.53. The zero-order valence-electron chi connectivity index (χ0n) is 13.9. The van der Waals surface area contributed by atoms with E-state index in [9.17, 15) is 4.39 Å². The second-order valence-corrected chi connectivity index (χ2v) is 5.29. The molecule has 1 aromatic heterocycles. The summed E-state index contributed by atoms with van der Waals surface area (Å²) >= 11 is 0. The van der Waals surface area contributed by atoms with Crippen LogP contribution in [0.3, 0.4) is 0 Å². The summed E-state index contributed by atoms with van der Waals surface area (Å²) < 4.78 is 19.3. The van der Waals surface area contributed by atoms with Gasteiger partial charge in [0.2, 0.25) is 0 Å². The average Bonchev–Trinajstić information content (AvgIpc) is 2.63. The number of ether oxygens (including phenoxy) is 1. The van der Waals surface area contributed by atoms with Gasteiger partial charge in [-0.25, -0.2) is 14.4 Å². The zero-order chi connectivity index (χ0) is 17.5. The van der Waals surface area contributed by atoms with Gasteiger partial charge in [-0.05, 0) is 25.1 Å². The van der Waals surface area contributed by atoms with Crippen LogP contribution in [0.5, 0.6) is 5.75 Å². The van der Waals surface area contributed by atoms with Gasteiger partial charge in [-0.15, -0.1) is 0 Å². The molecular formula is C19H19FN4O. The summed E-state index contributed by atoms with van der Waals surface area (Å²) in [7, 11) is 0. The van der Waals surface area contributed by atoms with Crippen molar-refractivity contribution in [3.63, 3.8) is 0 Å². The molecule has 2 aromatic carbocycles. The molecule has 3 aromatic rings. The number of aromatic nitrogens is 2. The second kappa shape index (κ2) is 8.10. The van der Waals surface area contributed by atoms with Crippen LogP contribution in [-0.2, 0) is 6.54 Å². The number of hydrogen-bond acceptors (Lipinski definition) is 5. The molecule has 128 valence electrons. The summed E-state index contributed by atoms with van der Waals surface area (Å²) in [5.41, 5.74) is 1.40. The van der Waals surface area contributed by atoms with E-state index in [1.165, 1.54) is 12.4 Å². The topological polar surface area (TPSA) is 59.1 Å². The quantitative estimate of drug-likeness (QED) is 0.670. The Hall–Kier alpha value is -3.15. The van der Waals surface area contributed by atoms with Gasteiger partial charge in [0.25, 0.3) is 0 Å². The first-order valence-corrected chi connectivity index (χ1v) is 8.04. The van der Waals surface area contributed by atoms with Crippen molar-refractivity contribution in [2.24, 2.45) is 0 Å². The number of nitrogens with zero attached hydrogens (tertiary/aromatic N) is 2. The maximum Gasteiger partial charge on any atom is 0.142 e. The first kappa shape index (κ1) is 16.7. The number of hydrogen-bond donors (Lipinski definition) is 2. The Bertz CT molecular complexity index is 841. The van der Waals surface area contributed by atoms with Crippen molar-refractivity contribution in [3.05, 3.63) is 72.3 Å². The number of benzene rings is 2. The largest absolute Gasteiger partial charge is 0.492 e. The summed E-state index contributed by atoms with van der Waals surface area (Å²) in [4.78, 5) is 8.39. The molecule has 0 aliphatic carbocycles. The highest BCUT2D eigenvalue weighted by Crippen LogP contribution is 2.27. The van der Waals surface area contributed by atoms with Crippen LogP contribution in [0.25, 0.3) is 0 Å². The molecule has 0 radical (unpaired) electrons. The number of rotatable bonds is 7. The minimum absolute atomic E-state index is 0.243. The molecular weight excluding hydrogens is 319 g/mol. The van der Waals surface area contributed by atoms with Gasteiger partial charge in [0.1, 0.15) is 29.5 Å². The Morgan fingerprint density at radius 3 is 2.60 bits per heavy atom. The third kappa shape index (κ3) is 4.44. The van der Waals surface area contributed by atoms with Crippen molar-refractivity contribution in [2.45, 2.75) is 13.5 Å². The van der Waals surface area contributed by atoms with Crippen molar-refractivity contribution >= 4 is 17.3 Å². The van der Waals surface area contributed by atoms with E-state index in [2.05, 4.69) is 20.6 Å². The van der Waals surface area contributed by atoms with Gasteiger partial charge in [-0.3, -0.25) is 0 Å². The molecule has 0 spiro atoms. The molecule has 0 saturated carbocycles. The molecule has 0 aliphatic rings. The van der Waals surface area contributed by atoms with Crippen LogP contribution in [0.15, 0.2) is 60.9 Å². The van der Waals surface area contributed by atoms with Gasteiger partial charge in [-0.2, -0.15) is 0 Å². The van der Waals surface area contributed by atoms with E-state index in [4.69, 9.17) is 4.74 Å². The summed E-state index contributed by atoms with van der Waals surface area (Å²) in [6.07, 6.45) is 1.45. The van der Waals surface area contributed by atoms with E-state index < -0.39 is 0 Å². The summed E-state index contributed by atoms with van der Waals surface area (Å²) in [6, 6.07) is 16.1. The molecule has 0 fully saturated rings. The van der Waals surface area contributed by atoms with Crippen LogP contribution < -0.4 is 15.4 Å². The number of anilines is 3. The molecule has 0 bridgehead atoms. The molecule has 0 atom stereocenters. The molecule has 25 heavy (non-hydrogen) atoms.